The van der Waals surface area contributed by atoms with Crippen LogP contribution in [0.2, 0.25) is 0 Å². The van der Waals surface area contributed by atoms with E-state index in [1.54, 1.807) is 6.92 Å². The summed E-state index contributed by atoms with van der Waals surface area (Å²) in [4.78, 5) is 14.0. The Hall–Kier alpha value is -0.570. The van der Waals surface area contributed by atoms with Crippen LogP contribution < -0.4 is 0 Å². The molecule has 3 fully saturated rings. The molecule has 2 aliphatic carbocycles. The molecule has 102 valence electrons. The maximum absolute atomic E-state index is 11.3. The topological polar surface area (TPSA) is 29.5 Å². The SMILES string of the molecule is CC(=O)O[C@H]1[C@H]2CCC[C@@H]1[C@@H](N1CCCC1)CC2. The second kappa shape index (κ2) is 5.20. The van der Waals surface area contributed by atoms with Gasteiger partial charge in [-0.25, -0.2) is 0 Å². The van der Waals surface area contributed by atoms with Crippen molar-refractivity contribution in [2.75, 3.05) is 13.1 Å². The van der Waals surface area contributed by atoms with Crippen LogP contribution in [-0.4, -0.2) is 36.1 Å². The molecule has 1 aliphatic heterocycles. The lowest BCUT2D eigenvalue weighted by Gasteiger charge is -2.48. The van der Waals surface area contributed by atoms with Gasteiger partial charge in [0, 0.05) is 18.9 Å². The lowest BCUT2D eigenvalue weighted by Crippen LogP contribution is -2.52. The van der Waals surface area contributed by atoms with Crippen LogP contribution in [0.5, 0.6) is 0 Å². The van der Waals surface area contributed by atoms with Crippen molar-refractivity contribution in [2.45, 2.75) is 64.0 Å². The summed E-state index contributed by atoms with van der Waals surface area (Å²) < 4.78 is 5.68. The smallest absolute Gasteiger partial charge is 0.302 e. The quantitative estimate of drug-likeness (QED) is 0.707. The Balaban J connectivity index is 1.74. The summed E-state index contributed by atoms with van der Waals surface area (Å²) in [6.07, 6.45) is 9.36. The molecule has 3 heteroatoms. The summed E-state index contributed by atoms with van der Waals surface area (Å²) >= 11 is 0. The summed E-state index contributed by atoms with van der Waals surface area (Å²) in [5, 5.41) is 0. The maximum atomic E-state index is 11.3. The van der Waals surface area contributed by atoms with E-state index in [1.165, 1.54) is 58.0 Å². The molecule has 0 aromatic heterocycles. The molecule has 0 aromatic rings. The normalized spacial score (nSPS) is 40.7. The highest BCUT2D eigenvalue weighted by Gasteiger charge is 2.45. The molecular formula is C15H25NO2. The number of carbonyl (C=O) groups excluding carboxylic acids is 1. The van der Waals surface area contributed by atoms with Gasteiger partial charge in [0.05, 0.1) is 0 Å². The number of rotatable bonds is 2. The Morgan fingerprint density at radius 1 is 1.06 bits per heavy atom. The van der Waals surface area contributed by atoms with Gasteiger partial charge in [-0.2, -0.15) is 0 Å². The highest BCUT2D eigenvalue weighted by molar-refractivity contribution is 5.66. The molecule has 1 saturated heterocycles. The predicted octanol–water partition coefficient (Wildman–Crippen LogP) is 2.59. The number of carbonyl (C=O) groups is 1. The van der Waals surface area contributed by atoms with Crippen molar-refractivity contribution in [3.63, 3.8) is 0 Å². The van der Waals surface area contributed by atoms with Crippen molar-refractivity contribution >= 4 is 5.97 Å². The lowest BCUT2D eigenvalue weighted by molar-refractivity contribution is -0.161. The molecule has 18 heavy (non-hydrogen) atoms. The predicted molar refractivity (Wildman–Crippen MR) is 70.2 cm³/mol. The molecule has 3 rings (SSSR count). The van der Waals surface area contributed by atoms with Crippen molar-refractivity contribution in [1.82, 2.24) is 4.90 Å². The Morgan fingerprint density at radius 2 is 1.83 bits per heavy atom. The van der Waals surface area contributed by atoms with E-state index in [0.717, 1.165) is 0 Å². The van der Waals surface area contributed by atoms with Gasteiger partial charge in [-0.1, -0.05) is 6.42 Å². The third-order valence-corrected chi connectivity index (χ3v) is 5.24. The van der Waals surface area contributed by atoms with Crippen LogP contribution >= 0.6 is 0 Å². The third-order valence-electron chi connectivity index (χ3n) is 5.24. The Kier molecular flexibility index (Phi) is 3.60. The number of fused-ring (bicyclic) bond motifs is 2. The first-order chi connectivity index (χ1) is 8.75. The second-order valence-electron chi connectivity index (χ2n) is 6.32. The number of ether oxygens (including phenoxy) is 1. The molecule has 0 amide bonds. The third kappa shape index (κ3) is 2.29. The van der Waals surface area contributed by atoms with Gasteiger partial charge in [0.2, 0.25) is 0 Å². The molecule has 0 aromatic carbocycles. The zero-order valence-corrected chi connectivity index (χ0v) is 11.4. The van der Waals surface area contributed by atoms with Crippen molar-refractivity contribution in [3.8, 4) is 0 Å². The van der Waals surface area contributed by atoms with Crippen molar-refractivity contribution in [3.05, 3.63) is 0 Å². The number of hydrogen-bond donors (Lipinski definition) is 0. The molecule has 0 N–H and O–H groups in total. The van der Waals surface area contributed by atoms with Crippen LogP contribution in [0.15, 0.2) is 0 Å². The molecule has 0 spiro atoms. The van der Waals surface area contributed by atoms with Gasteiger partial charge in [0.1, 0.15) is 6.10 Å². The fourth-order valence-corrected chi connectivity index (χ4v) is 4.51. The zero-order chi connectivity index (χ0) is 12.5. The van der Waals surface area contributed by atoms with E-state index in [-0.39, 0.29) is 12.1 Å². The number of likely N-dealkylation sites (tertiary alicyclic amines) is 1. The van der Waals surface area contributed by atoms with Gasteiger partial charge in [0.15, 0.2) is 0 Å². The minimum Gasteiger partial charge on any atom is -0.462 e. The number of nitrogens with zero attached hydrogens (tertiary/aromatic N) is 1. The Morgan fingerprint density at radius 3 is 2.56 bits per heavy atom. The van der Waals surface area contributed by atoms with Gasteiger partial charge in [-0.3, -0.25) is 9.69 Å². The second-order valence-corrected chi connectivity index (χ2v) is 6.32. The average Bonchev–Trinajstić information content (AvgIpc) is 2.81. The highest BCUT2D eigenvalue weighted by Crippen LogP contribution is 2.44. The van der Waals surface area contributed by atoms with Crippen LogP contribution in [0.3, 0.4) is 0 Å². The molecule has 3 nitrogen and oxygen atoms in total. The van der Waals surface area contributed by atoms with Crippen LogP contribution in [0.25, 0.3) is 0 Å². The van der Waals surface area contributed by atoms with Crippen molar-refractivity contribution < 1.29 is 9.53 Å². The van der Waals surface area contributed by atoms with Crippen molar-refractivity contribution in [2.24, 2.45) is 11.8 Å². The summed E-state index contributed by atoms with van der Waals surface area (Å²) in [6, 6.07) is 0.688. The Labute approximate surface area is 110 Å². The maximum Gasteiger partial charge on any atom is 0.302 e. The van der Waals surface area contributed by atoms with E-state index in [4.69, 9.17) is 4.74 Å². The lowest BCUT2D eigenvalue weighted by atomic mass is 9.67. The van der Waals surface area contributed by atoms with Gasteiger partial charge in [-0.05, 0) is 57.5 Å². The highest BCUT2D eigenvalue weighted by atomic mass is 16.5. The molecule has 4 atom stereocenters. The fourth-order valence-electron chi connectivity index (χ4n) is 4.51. The average molecular weight is 251 g/mol. The van der Waals surface area contributed by atoms with E-state index in [0.29, 0.717) is 17.9 Å². The summed E-state index contributed by atoms with van der Waals surface area (Å²) in [5.41, 5.74) is 0. The minimum atomic E-state index is -0.0843. The number of hydrogen-bond acceptors (Lipinski definition) is 3. The first kappa shape index (κ1) is 12.5. The molecular weight excluding hydrogens is 226 g/mol. The molecule has 0 unspecified atom stereocenters. The molecule has 0 radical (unpaired) electrons. The number of esters is 1. The van der Waals surface area contributed by atoms with Crippen molar-refractivity contribution in [1.29, 1.82) is 0 Å². The standard InChI is InChI=1S/C15H25NO2/c1-11(17)18-15-12-5-4-6-13(15)14(8-7-12)16-9-2-3-10-16/h12-15H,2-10H2,1H3/t12-,13+,14-,15-/m0/s1. The monoisotopic (exact) mass is 251 g/mol. The summed E-state index contributed by atoms with van der Waals surface area (Å²) in [6.45, 7) is 4.09. The van der Waals surface area contributed by atoms with Gasteiger partial charge in [-0.15, -0.1) is 0 Å². The van der Waals surface area contributed by atoms with Gasteiger partial charge in [0.25, 0.3) is 0 Å². The van der Waals surface area contributed by atoms with Crippen LogP contribution in [-0.2, 0) is 9.53 Å². The first-order valence-corrected chi connectivity index (χ1v) is 7.67. The minimum absolute atomic E-state index is 0.0843. The summed E-state index contributed by atoms with van der Waals surface area (Å²) in [5.74, 6) is 1.17. The van der Waals surface area contributed by atoms with Gasteiger partial charge >= 0.3 is 5.97 Å². The van der Waals surface area contributed by atoms with Crippen LogP contribution in [0, 0.1) is 11.8 Å². The van der Waals surface area contributed by atoms with Gasteiger partial charge < -0.3 is 4.74 Å². The van der Waals surface area contributed by atoms with Crippen LogP contribution in [0.4, 0.5) is 0 Å². The molecule has 2 bridgehead atoms. The Bertz CT molecular complexity index is 312. The van der Waals surface area contributed by atoms with E-state index in [1.807, 2.05) is 0 Å². The summed E-state index contributed by atoms with van der Waals surface area (Å²) in [7, 11) is 0. The largest absolute Gasteiger partial charge is 0.462 e. The van der Waals surface area contributed by atoms with E-state index in [2.05, 4.69) is 4.90 Å². The van der Waals surface area contributed by atoms with E-state index < -0.39 is 0 Å². The zero-order valence-electron chi connectivity index (χ0n) is 11.4. The molecule has 1 heterocycles. The van der Waals surface area contributed by atoms with E-state index in [9.17, 15) is 4.79 Å². The van der Waals surface area contributed by atoms with Crippen LogP contribution in [0.1, 0.15) is 51.9 Å². The first-order valence-electron chi connectivity index (χ1n) is 7.67. The fraction of sp³-hybridized carbons (Fsp3) is 0.933. The van der Waals surface area contributed by atoms with E-state index >= 15 is 0 Å². The molecule has 2 saturated carbocycles. The molecule has 3 aliphatic rings.